The van der Waals surface area contributed by atoms with Gasteiger partial charge in [-0.1, -0.05) is 0 Å². The highest BCUT2D eigenvalue weighted by atomic mass is 79.9. The summed E-state index contributed by atoms with van der Waals surface area (Å²) in [5.41, 5.74) is 1.08. The van der Waals surface area contributed by atoms with Crippen LogP contribution in [0.4, 0.5) is 5.95 Å². The zero-order valence-corrected chi connectivity index (χ0v) is 11.2. The van der Waals surface area contributed by atoms with Gasteiger partial charge in [0.05, 0.1) is 9.48 Å². The monoisotopic (exact) mass is 298 g/mol. The molecule has 4 nitrogen and oxygen atoms in total. The van der Waals surface area contributed by atoms with Gasteiger partial charge in [-0.15, -0.1) is 11.3 Å². The van der Waals surface area contributed by atoms with Crippen molar-refractivity contribution in [1.82, 2.24) is 15.0 Å². The van der Waals surface area contributed by atoms with Gasteiger partial charge in [0.2, 0.25) is 5.95 Å². The Labute approximate surface area is 106 Å². The summed E-state index contributed by atoms with van der Waals surface area (Å²) < 4.78 is 0.883. The molecule has 2 aromatic rings. The summed E-state index contributed by atoms with van der Waals surface area (Å²) in [7, 11) is 0. The quantitative estimate of drug-likeness (QED) is 0.943. The molecule has 0 saturated heterocycles. The molecule has 6 heteroatoms. The van der Waals surface area contributed by atoms with Gasteiger partial charge in [0.25, 0.3) is 0 Å². The fourth-order valence-corrected chi connectivity index (χ4v) is 2.18. The molecule has 0 fully saturated rings. The molecule has 0 aliphatic heterocycles. The van der Waals surface area contributed by atoms with Crippen LogP contribution in [-0.4, -0.2) is 21.5 Å². The molecule has 0 radical (unpaired) electrons. The minimum atomic E-state index is 0.650. The van der Waals surface area contributed by atoms with Crippen LogP contribution in [0, 0.1) is 6.92 Å². The summed E-state index contributed by atoms with van der Waals surface area (Å²) in [4.78, 5) is 12.6. The smallest absolute Gasteiger partial charge is 0.222 e. The first-order chi connectivity index (χ1) is 7.74. The third-order valence-corrected chi connectivity index (χ3v) is 3.34. The van der Waals surface area contributed by atoms with Gasteiger partial charge in [-0.25, -0.2) is 15.0 Å². The summed E-state index contributed by atoms with van der Waals surface area (Å²) in [5, 5.41) is 6.36. The van der Waals surface area contributed by atoms with Crippen LogP contribution >= 0.6 is 27.3 Å². The summed E-state index contributed by atoms with van der Waals surface area (Å²) in [6, 6.07) is 0. The Balaban J connectivity index is 1.82. The topological polar surface area (TPSA) is 50.7 Å². The maximum atomic E-state index is 4.39. The second-order valence-electron chi connectivity index (χ2n) is 3.28. The van der Waals surface area contributed by atoms with E-state index in [9.17, 15) is 0 Å². The van der Waals surface area contributed by atoms with Crippen LogP contribution in [0.5, 0.6) is 0 Å². The molecule has 0 saturated carbocycles. The summed E-state index contributed by atoms with van der Waals surface area (Å²) in [6.45, 7) is 2.81. The Kier molecular flexibility index (Phi) is 3.84. The minimum Gasteiger partial charge on any atom is -0.354 e. The van der Waals surface area contributed by atoms with Crippen LogP contribution in [0.2, 0.25) is 0 Å². The first kappa shape index (κ1) is 11.5. The van der Waals surface area contributed by atoms with Gasteiger partial charge < -0.3 is 5.32 Å². The average Bonchev–Trinajstić information content (AvgIpc) is 2.67. The van der Waals surface area contributed by atoms with Crippen molar-refractivity contribution < 1.29 is 0 Å². The van der Waals surface area contributed by atoms with E-state index < -0.39 is 0 Å². The second-order valence-corrected chi connectivity index (χ2v) is 5.14. The molecular formula is C10H11BrN4S. The molecule has 1 N–H and O–H groups in total. The Morgan fingerprint density at radius 2 is 2.12 bits per heavy atom. The molecule has 2 rings (SSSR count). The molecular weight excluding hydrogens is 288 g/mol. The number of halogens is 1. The second kappa shape index (κ2) is 5.36. The maximum Gasteiger partial charge on any atom is 0.222 e. The van der Waals surface area contributed by atoms with E-state index in [0.29, 0.717) is 5.95 Å². The molecule has 2 heterocycles. The molecule has 0 atom stereocenters. The zero-order valence-electron chi connectivity index (χ0n) is 8.77. The van der Waals surface area contributed by atoms with E-state index in [0.717, 1.165) is 28.1 Å². The lowest BCUT2D eigenvalue weighted by atomic mass is 10.4. The van der Waals surface area contributed by atoms with E-state index in [1.54, 1.807) is 23.7 Å². The molecule has 0 bridgehead atoms. The number of anilines is 1. The molecule has 0 aromatic carbocycles. The van der Waals surface area contributed by atoms with Crippen molar-refractivity contribution in [2.75, 3.05) is 11.9 Å². The lowest BCUT2D eigenvalue weighted by Crippen LogP contribution is -2.07. The largest absolute Gasteiger partial charge is 0.354 e. The number of rotatable bonds is 4. The predicted molar refractivity (Wildman–Crippen MR) is 68.8 cm³/mol. The lowest BCUT2D eigenvalue weighted by molar-refractivity contribution is 0.960. The van der Waals surface area contributed by atoms with E-state index in [1.807, 2.05) is 6.92 Å². The number of thiazole rings is 1. The van der Waals surface area contributed by atoms with Crippen molar-refractivity contribution in [2.24, 2.45) is 0 Å². The average molecular weight is 299 g/mol. The van der Waals surface area contributed by atoms with Gasteiger partial charge in [0.1, 0.15) is 0 Å². The first-order valence-electron chi connectivity index (χ1n) is 4.86. The highest BCUT2D eigenvalue weighted by Crippen LogP contribution is 2.10. The number of hydrogen-bond acceptors (Lipinski definition) is 5. The molecule has 0 amide bonds. The van der Waals surface area contributed by atoms with Crippen LogP contribution in [0.3, 0.4) is 0 Å². The van der Waals surface area contributed by atoms with Crippen LogP contribution in [0.1, 0.15) is 10.7 Å². The summed E-state index contributed by atoms with van der Waals surface area (Å²) in [5.74, 6) is 0.650. The minimum absolute atomic E-state index is 0.650. The third kappa shape index (κ3) is 3.24. The number of nitrogens with zero attached hydrogens (tertiary/aromatic N) is 3. The molecule has 2 aromatic heterocycles. The van der Waals surface area contributed by atoms with E-state index in [2.05, 4.69) is 41.6 Å². The van der Waals surface area contributed by atoms with Crippen molar-refractivity contribution in [3.8, 4) is 0 Å². The summed E-state index contributed by atoms with van der Waals surface area (Å²) >= 11 is 4.98. The maximum absolute atomic E-state index is 4.39. The van der Waals surface area contributed by atoms with Gasteiger partial charge >= 0.3 is 0 Å². The molecule has 0 spiro atoms. The number of hydrogen-bond donors (Lipinski definition) is 1. The van der Waals surface area contributed by atoms with Crippen molar-refractivity contribution in [2.45, 2.75) is 13.3 Å². The van der Waals surface area contributed by atoms with Gasteiger partial charge in [-0.2, -0.15) is 0 Å². The summed E-state index contributed by atoms with van der Waals surface area (Å²) in [6.07, 6.45) is 4.35. The van der Waals surface area contributed by atoms with Gasteiger partial charge in [-0.05, 0) is 22.9 Å². The van der Waals surface area contributed by atoms with Gasteiger partial charge in [-0.3, -0.25) is 0 Å². The number of aromatic nitrogens is 3. The molecule has 0 aliphatic rings. The number of nitrogens with one attached hydrogen (secondary N) is 1. The van der Waals surface area contributed by atoms with Crippen LogP contribution < -0.4 is 5.32 Å². The standard InChI is InChI=1S/C10H11BrN4S/c1-7-6-16-9(15-7)2-3-12-10-13-4-8(11)5-14-10/h4-6H,2-3H2,1H3,(H,12,13,14). The van der Waals surface area contributed by atoms with E-state index in [4.69, 9.17) is 0 Å². The Morgan fingerprint density at radius 1 is 1.38 bits per heavy atom. The highest BCUT2D eigenvalue weighted by Gasteiger charge is 1.99. The van der Waals surface area contributed by atoms with Crippen molar-refractivity contribution >= 4 is 33.2 Å². The SMILES string of the molecule is Cc1csc(CCNc2ncc(Br)cn2)n1. The molecule has 16 heavy (non-hydrogen) atoms. The Bertz CT molecular complexity index is 454. The lowest BCUT2D eigenvalue weighted by Gasteiger charge is -2.02. The highest BCUT2D eigenvalue weighted by molar-refractivity contribution is 9.10. The molecule has 84 valence electrons. The Morgan fingerprint density at radius 3 is 2.75 bits per heavy atom. The third-order valence-electron chi connectivity index (χ3n) is 1.91. The fraction of sp³-hybridized carbons (Fsp3) is 0.300. The fourth-order valence-electron chi connectivity index (χ4n) is 1.20. The van der Waals surface area contributed by atoms with Crippen LogP contribution in [0.25, 0.3) is 0 Å². The van der Waals surface area contributed by atoms with Crippen LogP contribution in [-0.2, 0) is 6.42 Å². The van der Waals surface area contributed by atoms with Gasteiger partial charge in [0.15, 0.2) is 0 Å². The predicted octanol–water partition coefficient (Wildman–Crippen LogP) is 2.66. The van der Waals surface area contributed by atoms with Crippen molar-refractivity contribution in [3.05, 3.63) is 32.9 Å². The van der Waals surface area contributed by atoms with E-state index in [1.165, 1.54) is 0 Å². The van der Waals surface area contributed by atoms with E-state index in [-0.39, 0.29) is 0 Å². The van der Waals surface area contributed by atoms with Crippen molar-refractivity contribution in [3.63, 3.8) is 0 Å². The van der Waals surface area contributed by atoms with Crippen LogP contribution in [0.15, 0.2) is 22.2 Å². The zero-order chi connectivity index (χ0) is 11.4. The molecule has 0 unspecified atom stereocenters. The normalized spacial score (nSPS) is 10.4. The van der Waals surface area contributed by atoms with Gasteiger partial charge in [0, 0.05) is 36.4 Å². The first-order valence-corrected chi connectivity index (χ1v) is 6.54. The number of aryl methyl sites for hydroxylation is 1. The molecule has 0 aliphatic carbocycles. The van der Waals surface area contributed by atoms with E-state index >= 15 is 0 Å². The Hall–Kier alpha value is -1.01. The van der Waals surface area contributed by atoms with Crippen molar-refractivity contribution in [1.29, 1.82) is 0 Å².